The average Bonchev–Trinajstić information content (AvgIpc) is 2.88. The molecule has 1 N–H and O–H groups in total. The number of hydrogen-bond donors (Lipinski definition) is 1. The number of benzene rings is 1. The van der Waals surface area contributed by atoms with Crippen LogP contribution in [0.2, 0.25) is 0 Å². The Morgan fingerprint density at radius 3 is 2.65 bits per heavy atom. The van der Waals surface area contributed by atoms with E-state index in [9.17, 15) is 0 Å². The number of fused-ring (bicyclic) bond motifs is 1. The van der Waals surface area contributed by atoms with E-state index in [1.54, 1.807) is 29.0 Å². The van der Waals surface area contributed by atoms with Gasteiger partial charge >= 0.3 is 0 Å². The van der Waals surface area contributed by atoms with Gasteiger partial charge in [-0.15, -0.1) is 11.8 Å². The van der Waals surface area contributed by atoms with Crippen molar-refractivity contribution in [2.24, 2.45) is 7.05 Å². The molecule has 0 atom stereocenters. The first-order chi connectivity index (χ1) is 9.78. The van der Waals surface area contributed by atoms with Gasteiger partial charge in [0.1, 0.15) is 11.4 Å². The van der Waals surface area contributed by atoms with Crippen molar-refractivity contribution in [3.63, 3.8) is 0 Å². The molecule has 1 aromatic carbocycles. The number of aliphatic hydroxyl groups is 1. The van der Waals surface area contributed by atoms with Gasteiger partial charge in [-0.3, -0.25) is 4.68 Å². The van der Waals surface area contributed by atoms with Crippen LogP contribution in [0.1, 0.15) is 11.1 Å². The first-order valence-corrected chi connectivity index (χ1v) is 7.20. The lowest BCUT2D eigenvalue weighted by Crippen LogP contribution is -1.93. The Morgan fingerprint density at radius 1 is 1.15 bits per heavy atom. The SMILES string of the molecule is Cn1ncc2c(SCc3ccc(CO)cc3)ncnc21. The molecule has 0 unspecified atom stereocenters. The molecule has 0 fully saturated rings. The highest BCUT2D eigenvalue weighted by Crippen LogP contribution is 2.26. The Labute approximate surface area is 120 Å². The number of hydrogen-bond acceptors (Lipinski definition) is 5. The van der Waals surface area contributed by atoms with Crippen LogP contribution in [0.15, 0.2) is 41.8 Å². The van der Waals surface area contributed by atoms with Crippen LogP contribution >= 0.6 is 11.8 Å². The molecule has 6 heteroatoms. The van der Waals surface area contributed by atoms with E-state index in [0.717, 1.165) is 27.4 Å². The van der Waals surface area contributed by atoms with E-state index in [1.807, 2.05) is 31.3 Å². The maximum absolute atomic E-state index is 9.03. The molecule has 3 aromatic rings. The van der Waals surface area contributed by atoms with Crippen LogP contribution in [0.25, 0.3) is 11.0 Å². The average molecular weight is 286 g/mol. The quantitative estimate of drug-likeness (QED) is 0.588. The second-order valence-electron chi connectivity index (χ2n) is 4.45. The predicted molar refractivity (Wildman–Crippen MR) is 78.2 cm³/mol. The molecule has 0 aliphatic heterocycles. The van der Waals surface area contributed by atoms with Crippen molar-refractivity contribution in [1.29, 1.82) is 0 Å². The third kappa shape index (κ3) is 2.52. The zero-order valence-electron chi connectivity index (χ0n) is 11.0. The molecule has 5 nitrogen and oxygen atoms in total. The van der Waals surface area contributed by atoms with Crippen LogP contribution in [-0.4, -0.2) is 24.9 Å². The van der Waals surface area contributed by atoms with Crippen molar-refractivity contribution in [2.45, 2.75) is 17.4 Å². The molecule has 0 saturated heterocycles. The highest BCUT2D eigenvalue weighted by Gasteiger charge is 2.08. The van der Waals surface area contributed by atoms with Gasteiger partial charge in [-0.05, 0) is 11.1 Å². The molecule has 2 heterocycles. The van der Waals surface area contributed by atoms with Gasteiger partial charge < -0.3 is 5.11 Å². The Balaban J connectivity index is 1.79. The fourth-order valence-corrected chi connectivity index (χ4v) is 2.87. The summed E-state index contributed by atoms with van der Waals surface area (Å²) in [5.74, 6) is 0.826. The van der Waals surface area contributed by atoms with Gasteiger partial charge in [0.2, 0.25) is 0 Å². The molecule has 102 valence electrons. The highest BCUT2D eigenvalue weighted by atomic mass is 32.2. The van der Waals surface area contributed by atoms with Crippen LogP contribution in [0, 0.1) is 0 Å². The zero-order chi connectivity index (χ0) is 13.9. The minimum Gasteiger partial charge on any atom is -0.392 e. The summed E-state index contributed by atoms with van der Waals surface area (Å²) in [5, 5.41) is 15.2. The van der Waals surface area contributed by atoms with Gasteiger partial charge in [-0.2, -0.15) is 5.10 Å². The smallest absolute Gasteiger partial charge is 0.162 e. The first kappa shape index (κ1) is 13.1. The van der Waals surface area contributed by atoms with E-state index >= 15 is 0 Å². The van der Waals surface area contributed by atoms with Crippen molar-refractivity contribution in [3.05, 3.63) is 47.9 Å². The largest absolute Gasteiger partial charge is 0.392 e. The number of aromatic nitrogens is 4. The van der Waals surface area contributed by atoms with Crippen LogP contribution in [0.5, 0.6) is 0 Å². The molecule has 2 aromatic heterocycles. The fraction of sp³-hybridized carbons (Fsp3) is 0.214. The van der Waals surface area contributed by atoms with E-state index in [4.69, 9.17) is 5.11 Å². The normalized spacial score (nSPS) is 11.1. The molecule has 20 heavy (non-hydrogen) atoms. The summed E-state index contributed by atoms with van der Waals surface area (Å²) >= 11 is 1.66. The molecule has 0 spiro atoms. The standard InChI is InChI=1S/C14H14N4OS/c1-18-13-12(6-17-18)14(16-9-15-13)20-8-11-4-2-10(7-19)3-5-11/h2-6,9,19H,7-8H2,1H3. The predicted octanol–water partition coefficient (Wildman–Crippen LogP) is 2.15. The fourth-order valence-electron chi connectivity index (χ4n) is 1.95. The Bertz CT molecular complexity index is 724. The summed E-state index contributed by atoms with van der Waals surface area (Å²) in [5.41, 5.74) is 2.97. The third-order valence-electron chi connectivity index (χ3n) is 3.07. The number of aryl methyl sites for hydroxylation is 1. The van der Waals surface area contributed by atoms with Crippen molar-refractivity contribution in [2.75, 3.05) is 0 Å². The van der Waals surface area contributed by atoms with Crippen LogP contribution < -0.4 is 0 Å². The maximum atomic E-state index is 9.03. The third-order valence-corrected chi connectivity index (χ3v) is 4.15. The Hall–Kier alpha value is -1.92. The maximum Gasteiger partial charge on any atom is 0.162 e. The lowest BCUT2D eigenvalue weighted by Gasteiger charge is -2.03. The van der Waals surface area contributed by atoms with Gasteiger partial charge in [0, 0.05) is 12.8 Å². The first-order valence-electron chi connectivity index (χ1n) is 6.22. The van der Waals surface area contributed by atoms with Gasteiger partial charge in [0.05, 0.1) is 18.2 Å². The Morgan fingerprint density at radius 2 is 1.90 bits per heavy atom. The van der Waals surface area contributed by atoms with Crippen LogP contribution in [0.3, 0.4) is 0 Å². The van der Waals surface area contributed by atoms with Gasteiger partial charge in [-0.25, -0.2) is 9.97 Å². The lowest BCUT2D eigenvalue weighted by atomic mass is 10.2. The monoisotopic (exact) mass is 286 g/mol. The Kier molecular flexibility index (Phi) is 3.66. The topological polar surface area (TPSA) is 63.8 Å². The van der Waals surface area contributed by atoms with E-state index < -0.39 is 0 Å². The second kappa shape index (κ2) is 5.60. The van der Waals surface area contributed by atoms with Crippen molar-refractivity contribution in [1.82, 2.24) is 19.7 Å². The summed E-state index contributed by atoms with van der Waals surface area (Å²) in [6, 6.07) is 7.94. The van der Waals surface area contributed by atoms with E-state index in [1.165, 1.54) is 5.56 Å². The van der Waals surface area contributed by atoms with Gasteiger partial charge in [0.15, 0.2) is 5.65 Å². The number of nitrogens with zero attached hydrogens (tertiary/aromatic N) is 4. The lowest BCUT2D eigenvalue weighted by molar-refractivity contribution is 0.282. The molecular formula is C14H14N4OS. The molecule has 0 bridgehead atoms. The summed E-state index contributed by atoms with van der Waals surface area (Å²) in [4.78, 5) is 8.55. The summed E-state index contributed by atoms with van der Waals surface area (Å²) in [6.07, 6.45) is 3.37. The number of aliphatic hydroxyl groups excluding tert-OH is 1. The van der Waals surface area contributed by atoms with E-state index in [-0.39, 0.29) is 6.61 Å². The molecule has 0 saturated carbocycles. The number of thioether (sulfide) groups is 1. The molecule has 0 radical (unpaired) electrons. The van der Waals surface area contributed by atoms with Crippen LogP contribution in [-0.2, 0) is 19.4 Å². The molecule has 3 rings (SSSR count). The molecule has 0 amide bonds. The molecule has 0 aliphatic carbocycles. The van der Waals surface area contributed by atoms with Crippen LogP contribution in [0.4, 0.5) is 0 Å². The minimum atomic E-state index is 0.0790. The number of rotatable bonds is 4. The highest BCUT2D eigenvalue weighted by molar-refractivity contribution is 7.98. The molecular weight excluding hydrogens is 272 g/mol. The van der Waals surface area contributed by atoms with Crippen molar-refractivity contribution < 1.29 is 5.11 Å². The summed E-state index contributed by atoms with van der Waals surface area (Å²) in [6.45, 7) is 0.0790. The van der Waals surface area contributed by atoms with E-state index in [0.29, 0.717) is 0 Å². The minimum absolute atomic E-state index is 0.0790. The van der Waals surface area contributed by atoms with Gasteiger partial charge in [-0.1, -0.05) is 24.3 Å². The summed E-state index contributed by atoms with van der Waals surface area (Å²) < 4.78 is 1.75. The molecule has 0 aliphatic rings. The van der Waals surface area contributed by atoms with Crippen molar-refractivity contribution >= 4 is 22.8 Å². The zero-order valence-corrected chi connectivity index (χ0v) is 11.8. The van der Waals surface area contributed by atoms with Crippen molar-refractivity contribution in [3.8, 4) is 0 Å². The summed E-state index contributed by atoms with van der Waals surface area (Å²) in [7, 11) is 1.87. The van der Waals surface area contributed by atoms with E-state index in [2.05, 4.69) is 15.1 Å². The van der Waals surface area contributed by atoms with Gasteiger partial charge in [0.25, 0.3) is 0 Å². The second-order valence-corrected chi connectivity index (χ2v) is 5.41.